The summed E-state index contributed by atoms with van der Waals surface area (Å²) in [5, 5.41) is -0.0883. The normalized spacial score (nSPS) is 30.5. The summed E-state index contributed by atoms with van der Waals surface area (Å²) in [6.07, 6.45) is 4.72. The second-order valence-corrected chi connectivity index (χ2v) is 6.41. The Morgan fingerprint density at radius 1 is 1.21 bits per heavy atom. The van der Waals surface area contributed by atoms with Gasteiger partial charge >= 0.3 is 0 Å². The molecule has 0 radical (unpaired) electrons. The SMILES string of the molecule is NCC1CCCCN1S(=O)(=O)C1CC1. The molecule has 1 aliphatic carbocycles. The Morgan fingerprint density at radius 3 is 2.50 bits per heavy atom. The molecule has 2 fully saturated rings. The van der Waals surface area contributed by atoms with E-state index in [9.17, 15) is 8.42 Å². The molecule has 0 aromatic carbocycles. The summed E-state index contributed by atoms with van der Waals surface area (Å²) in [7, 11) is -3.00. The molecule has 4 nitrogen and oxygen atoms in total. The molecule has 1 heterocycles. The molecule has 1 atom stereocenters. The van der Waals surface area contributed by atoms with Crippen LogP contribution in [0.3, 0.4) is 0 Å². The standard InChI is InChI=1S/C9H18N2O2S/c10-7-8-3-1-2-6-11(8)14(12,13)9-4-5-9/h8-9H,1-7,10H2. The van der Waals surface area contributed by atoms with Crippen molar-refractivity contribution in [3.8, 4) is 0 Å². The highest BCUT2D eigenvalue weighted by molar-refractivity contribution is 7.90. The molecule has 2 rings (SSSR count). The molecular formula is C9H18N2O2S. The number of nitrogens with two attached hydrogens (primary N) is 1. The van der Waals surface area contributed by atoms with E-state index in [0.29, 0.717) is 13.1 Å². The monoisotopic (exact) mass is 218 g/mol. The Labute approximate surface area is 85.5 Å². The average molecular weight is 218 g/mol. The molecule has 1 aliphatic heterocycles. The first-order chi connectivity index (χ1) is 6.66. The van der Waals surface area contributed by atoms with Crippen LogP contribution in [-0.4, -0.2) is 37.1 Å². The van der Waals surface area contributed by atoms with Gasteiger partial charge in [0.2, 0.25) is 10.0 Å². The fourth-order valence-corrected chi connectivity index (χ4v) is 4.21. The molecule has 82 valence electrons. The number of sulfonamides is 1. The zero-order chi connectivity index (χ0) is 10.2. The van der Waals surface area contributed by atoms with Gasteiger partial charge in [-0.05, 0) is 25.7 Å². The Hall–Kier alpha value is -0.130. The van der Waals surface area contributed by atoms with Crippen molar-refractivity contribution in [2.45, 2.75) is 43.4 Å². The van der Waals surface area contributed by atoms with Gasteiger partial charge in [0.1, 0.15) is 0 Å². The van der Waals surface area contributed by atoms with Crippen molar-refractivity contribution in [2.24, 2.45) is 5.73 Å². The fraction of sp³-hybridized carbons (Fsp3) is 1.00. The molecule has 0 amide bonds. The fourth-order valence-electron chi connectivity index (χ4n) is 2.10. The summed E-state index contributed by atoms with van der Waals surface area (Å²) >= 11 is 0. The van der Waals surface area contributed by atoms with Crippen LogP contribution in [0.2, 0.25) is 0 Å². The lowest BCUT2D eigenvalue weighted by Gasteiger charge is -2.33. The Morgan fingerprint density at radius 2 is 1.93 bits per heavy atom. The quantitative estimate of drug-likeness (QED) is 0.740. The second kappa shape index (κ2) is 3.79. The number of hydrogen-bond donors (Lipinski definition) is 1. The van der Waals surface area contributed by atoms with E-state index in [-0.39, 0.29) is 11.3 Å². The Balaban J connectivity index is 2.13. The summed E-state index contributed by atoms with van der Waals surface area (Å²) in [5.74, 6) is 0. The van der Waals surface area contributed by atoms with Crippen molar-refractivity contribution in [1.82, 2.24) is 4.31 Å². The second-order valence-electron chi connectivity index (χ2n) is 4.24. The smallest absolute Gasteiger partial charge is 0.217 e. The lowest BCUT2D eigenvalue weighted by atomic mass is 10.1. The summed E-state index contributed by atoms with van der Waals surface area (Å²) in [6.45, 7) is 1.15. The minimum absolute atomic E-state index is 0.0642. The largest absolute Gasteiger partial charge is 0.329 e. The number of rotatable bonds is 3. The first-order valence-electron chi connectivity index (χ1n) is 5.37. The van der Waals surface area contributed by atoms with Crippen LogP contribution >= 0.6 is 0 Å². The van der Waals surface area contributed by atoms with Crippen molar-refractivity contribution >= 4 is 10.0 Å². The van der Waals surface area contributed by atoms with E-state index in [1.807, 2.05) is 0 Å². The third-order valence-electron chi connectivity index (χ3n) is 3.12. The zero-order valence-corrected chi connectivity index (χ0v) is 9.17. The highest BCUT2D eigenvalue weighted by Gasteiger charge is 2.42. The average Bonchev–Trinajstić information content (AvgIpc) is 3.01. The third-order valence-corrected chi connectivity index (χ3v) is 5.57. The van der Waals surface area contributed by atoms with Crippen molar-refractivity contribution in [3.63, 3.8) is 0 Å². The van der Waals surface area contributed by atoms with Gasteiger partial charge in [0, 0.05) is 19.1 Å². The van der Waals surface area contributed by atoms with Crippen LogP contribution in [0.25, 0.3) is 0 Å². The van der Waals surface area contributed by atoms with E-state index >= 15 is 0 Å². The first-order valence-corrected chi connectivity index (χ1v) is 6.87. The molecule has 5 heteroatoms. The third kappa shape index (κ3) is 1.81. The van der Waals surface area contributed by atoms with Crippen LogP contribution in [-0.2, 0) is 10.0 Å². The minimum Gasteiger partial charge on any atom is -0.329 e. The van der Waals surface area contributed by atoms with E-state index in [2.05, 4.69) is 0 Å². The molecule has 1 unspecified atom stereocenters. The molecule has 2 aliphatic rings. The lowest BCUT2D eigenvalue weighted by molar-refractivity contribution is 0.257. The molecule has 14 heavy (non-hydrogen) atoms. The molecule has 0 spiro atoms. The van der Waals surface area contributed by atoms with Crippen LogP contribution in [0.15, 0.2) is 0 Å². The van der Waals surface area contributed by atoms with Gasteiger partial charge in [-0.25, -0.2) is 8.42 Å². The van der Waals surface area contributed by atoms with Gasteiger partial charge in [-0.15, -0.1) is 0 Å². The summed E-state index contributed by atoms with van der Waals surface area (Å²) in [6, 6.07) is 0.0642. The van der Waals surface area contributed by atoms with Gasteiger partial charge in [0.05, 0.1) is 5.25 Å². The van der Waals surface area contributed by atoms with E-state index in [1.54, 1.807) is 4.31 Å². The van der Waals surface area contributed by atoms with Gasteiger partial charge in [-0.2, -0.15) is 4.31 Å². The molecule has 0 bridgehead atoms. The van der Waals surface area contributed by atoms with Crippen molar-refractivity contribution < 1.29 is 8.42 Å². The molecule has 1 saturated heterocycles. The number of piperidine rings is 1. The van der Waals surface area contributed by atoms with E-state index < -0.39 is 10.0 Å². The highest BCUT2D eigenvalue weighted by atomic mass is 32.2. The summed E-state index contributed by atoms with van der Waals surface area (Å²) in [5.41, 5.74) is 5.60. The van der Waals surface area contributed by atoms with Gasteiger partial charge in [-0.1, -0.05) is 6.42 Å². The van der Waals surface area contributed by atoms with E-state index in [1.165, 1.54) is 0 Å². The first kappa shape index (κ1) is 10.4. The van der Waals surface area contributed by atoms with Crippen LogP contribution in [0.4, 0.5) is 0 Å². The molecule has 0 aromatic heterocycles. The number of hydrogen-bond acceptors (Lipinski definition) is 3. The van der Waals surface area contributed by atoms with Gasteiger partial charge in [-0.3, -0.25) is 0 Å². The maximum atomic E-state index is 12.0. The van der Waals surface area contributed by atoms with Crippen molar-refractivity contribution in [1.29, 1.82) is 0 Å². The maximum Gasteiger partial charge on any atom is 0.217 e. The van der Waals surface area contributed by atoms with Gasteiger partial charge < -0.3 is 5.73 Å². The van der Waals surface area contributed by atoms with Gasteiger partial charge in [0.25, 0.3) is 0 Å². The minimum atomic E-state index is -3.00. The predicted octanol–water partition coefficient (Wildman–Crippen LogP) is 0.292. The topological polar surface area (TPSA) is 63.4 Å². The van der Waals surface area contributed by atoms with Crippen molar-refractivity contribution in [3.05, 3.63) is 0 Å². The van der Waals surface area contributed by atoms with Gasteiger partial charge in [0.15, 0.2) is 0 Å². The Kier molecular flexibility index (Phi) is 2.81. The van der Waals surface area contributed by atoms with E-state index in [0.717, 1.165) is 32.1 Å². The highest BCUT2D eigenvalue weighted by Crippen LogP contribution is 2.33. The molecular weight excluding hydrogens is 200 g/mol. The molecule has 0 aromatic rings. The zero-order valence-electron chi connectivity index (χ0n) is 8.35. The van der Waals surface area contributed by atoms with Crippen LogP contribution in [0.5, 0.6) is 0 Å². The van der Waals surface area contributed by atoms with Crippen LogP contribution < -0.4 is 5.73 Å². The Bertz CT molecular complexity index is 298. The summed E-state index contributed by atoms with van der Waals surface area (Å²) < 4.78 is 25.6. The molecule has 1 saturated carbocycles. The van der Waals surface area contributed by atoms with Crippen LogP contribution in [0.1, 0.15) is 32.1 Å². The predicted molar refractivity (Wildman–Crippen MR) is 55.3 cm³/mol. The lowest BCUT2D eigenvalue weighted by Crippen LogP contribution is -2.48. The maximum absolute atomic E-state index is 12.0. The van der Waals surface area contributed by atoms with E-state index in [4.69, 9.17) is 5.73 Å². The number of nitrogens with zero attached hydrogens (tertiary/aromatic N) is 1. The van der Waals surface area contributed by atoms with Crippen LogP contribution in [0, 0.1) is 0 Å². The summed E-state index contributed by atoms with van der Waals surface area (Å²) in [4.78, 5) is 0. The molecule has 2 N–H and O–H groups in total. The van der Waals surface area contributed by atoms with Crippen molar-refractivity contribution in [2.75, 3.05) is 13.1 Å².